The third kappa shape index (κ3) is 3.40. The molecule has 0 spiro atoms. The van der Waals surface area contributed by atoms with Crippen LogP contribution in [-0.2, 0) is 13.2 Å². The maximum atomic E-state index is 11.3. The van der Waals surface area contributed by atoms with Gasteiger partial charge in [-0.15, -0.1) is 5.10 Å². The largest absolute Gasteiger partial charge is 0.392 e. The van der Waals surface area contributed by atoms with Crippen LogP contribution >= 0.6 is 0 Å². The number of hydrogen-bond donors (Lipinski definition) is 2. The maximum absolute atomic E-state index is 11.3. The minimum absolute atomic E-state index is 0.144. The van der Waals surface area contributed by atoms with Gasteiger partial charge in [-0.3, -0.25) is 24.9 Å². The number of aliphatic hydroxyl groups excluding tert-OH is 1. The topological polar surface area (TPSA) is 149 Å². The average Bonchev–Trinajstić information content (AvgIpc) is 3.00. The molecular weight excluding hydrogens is 308 g/mol. The molecular formula is C12H14N6O5. The Morgan fingerprint density at radius 3 is 2.61 bits per heavy atom. The fourth-order valence-corrected chi connectivity index (χ4v) is 2.16. The Morgan fingerprint density at radius 1 is 1.35 bits per heavy atom. The van der Waals surface area contributed by atoms with E-state index in [1.54, 1.807) is 6.20 Å². The van der Waals surface area contributed by atoms with Gasteiger partial charge in [0.05, 0.1) is 29.2 Å². The number of hydrogen-bond acceptors (Lipinski definition) is 8. The lowest BCUT2D eigenvalue weighted by Gasteiger charge is -2.11. The highest BCUT2D eigenvalue weighted by Gasteiger charge is 2.29. The lowest BCUT2D eigenvalue weighted by atomic mass is 10.0. The fraction of sp³-hybridized carbons (Fsp3) is 0.333. The van der Waals surface area contributed by atoms with Gasteiger partial charge < -0.3 is 10.4 Å². The molecule has 11 nitrogen and oxygen atoms in total. The number of nitrogens with one attached hydrogen (secondary N) is 1. The Hall–Kier alpha value is -3.08. The number of benzene rings is 1. The summed E-state index contributed by atoms with van der Waals surface area (Å²) in [5.41, 5.74) is -0.724. The Morgan fingerprint density at radius 2 is 2.09 bits per heavy atom. The Balaban J connectivity index is 2.39. The number of nitrogens with zero attached hydrogens (tertiary/aromatic N) is 5. The van der Waals surface area contributed by atoms with E-state index < -0.39 is 27.8 Å². The van der Waals surface area contributed by atoms with Crippen molar-refractivity contribution >= 4 is 17.1 Å². The van der Waals surface area contributed by atoms with Gasteiger partial charge in [0.2, 0.25) is 0 Å². The summed E-state index contributed by atoms with van der Waals surface area (Å²) in [6.07, 6.45) is 3.08. The summed E-state index contributed by atoms with van der Waals surface area (Å²) in [5.74, 6) is 0. The molecule has 0 aliphatic rings. The van der Waals surface area contributed by atoms with Crippen LogP contribution in [0.25, 0.3) is 0 Å². The van der Waals surface area contributed by atoms with Crippen LogP contribution in [0.3, 0.4) is 0 Å². The molecule has 0 radical (unpaired) electrons. The van der Waals surface area contributed by atoms with Crippen LogP contribution < -0.4 is 5.32 Å². The molecule has 1 heterocycles. The van der Waals surface area contributed by atoms with E-state index in [0.29, 0.717) is 6.54 Å². The van der Waals surface area contributed by atoms with Gasteiger partial charge in [-0.2, -0.15) is 0 Å². The molecule has 0 atom stereocenters. The lowest BCUT2D eigenvalue weighted by molar-refractivity contribution is -0.392. The SMILES string of the molecule is Cc1c(CO)cc([N+](=O)[O-])c(NCCn2ccnn2)c1[N+](=O)[O-]. The third-order valence-electron chi connectivity index (χ3n) is 3.30. The number of nitro benzene ring substituents is 2. The summed E-state index contributed by atoms with van der Waals surface area (Å²) in [6, 6.07) is 1.14. The molecule has 0 saturated heterocycles. The highest BCUT2D eigenvalue weighted by molar-refractivity contribution is 5.77. The second kappa shape index (κ2) is 6.79. The van der Waals surface area contributed by atoms with Crippen molar-refractivity contribution in [2.45, 2.75) is 20.1 Å². The summed E-state index contributed by atoms with van der Waals surface area (Å²) in [6.45, 7) is 1.43. The molecule has 1 aromatic heterocycles. The first kappa shape index (κ1) is 16.3. The highest BCUT2D eigenvalue weighted by Crippen LogP contribution is 2.39. The van der Waals surface area contributed by atoms with Gasteiger partial charge in [-0.25, -0.2) is 0 Å². The van der Waals surface area contributed by atoms with Gasteiger partial charge in [0.15, 0.2) is 5.69 Å². The van der Waals surface area contributed by atoms with E-state index in [9.17, 15) is 25.3 Å². The number of aliphatic hydroxyl groups is 1. The second-order valence-corrected chi connectivity index (χ2v) is 4.67. The first-order valence-electron chi connectivity index (χ1n) is 6.59. The molecule has 122 valence electrons. The Kier molecular flexibility index (Phi) is 4.81. The molecule has 0 aliphatic carbocycles. The predicted octanol–water partition coefficient (Wildman–Crippen LogP) is 1.01. The van der Waals surface area contributed by atoms with Crippen LogP contribution in [0, 0.1) is 27.2 Å². The average molecular weight is 322 g/mol. The minimum Gasteiger partial charge on any atom is -0.392 e. The highest BCUT2D eigenvalue weighted by atomic mass is 16.6. The van der Waals surface area contributed by atoms with Crippen LogP contribution in [0.1, 0.15) is 11.1 Å². The molecule has 0 fully saturated rings. The zero-order valence-electron chi connectivity index (χ0n) is 12.2. The monoisotopic (exact) mass is 322 g/mol. The molecule has 2 N–H and O–H groups in total. The second-order valence-electron chi connectivity index (χ2n) is 4.67. The predicted molar refractivity (Wildman–Crippen MR) is 78.9 cm³/mol. The normalized spacial score (nSPS) is 10.5. The zero-order valence-corrected chi connectivity index (χ0v) is 12.2. The molecule has 0 amide bonds. The van der Waals surface area contributed by atoms with E-state index in [-0.39, 0.29) is 23.4 Å². The van der Waals surface area contributed by atoms with Gasteiger partial charge in [0, 0.05) is 24.4 Å². The smallest absolute Gasteiger partial charge is 0.302 e. The molecule has 1 aromatic carbocycles. The molecule has 0 unspecified atom stereocenters. The third-order valence-corrected chi connectivity index (χ3v) is 3.30. The van der Waals surface area contributed by atoms with E-state index in [1.807, 2.05) is 0 Å². The Labute approximate surface area is 129 Å². The van der Waals surface area contributed by atoms with E-state index >= 15 is 0 Å². The van der Waals surface area contributed by atoms with E-state index in [0.717, 1.165) is 6.07 Å². The number of rotatable bonds is 7. The van der Waals surface area contributed by atoms with Crippen LogP contribution in [0.15, 0.2) is 18.5 Å². The number of anilines is 1. The summed E-state index contributed by atoms with van der Waals surface area (Å²) < 4.78 is 1.49. The molecule has 0 aliphatic heterocycles. The Bertz CT molecular complexity index is 730. The van der Waals surface area contributed by atoms with Gasteiger partial charge >= 0.3 is 5.69 Å². The first-order chi connectivity index (χ1) is 11.0. The van der Waals surface area contributed by atoms with Crippen molar-refractivity contribution in [2.24, 2.45) is 0 Å². The van der Waals surface area contributed by atoms with Crippen LogP contribution in [0.2, 0.25) is 0 Å². The van der Waals surface area contributed by atoms with Crippen LogP contribution in [0.4, 0.5) is 17.1 Å². The molecule has 0 bridgehead atoms. The number of aromatic nitrogens is 3. The van der Waals surface area contributed by atoms with E-state index in [1.165, 1.54) is 17.8 Å². The van der Waals surface area contributed by atoms with Crippen molar-refractivity contribution < 1.29 is 15.0 Å². The van der Waals surface area contributed by atoms with E-state index in [2.05, 4.69) is 15.6 Å². The van der Waals surface area contributed by atoms with Crippen molar-refractivity contribution in [1.82, 2.24) is 15.0 Å². The van der Waals surface area contributed by atoms with Gasteiger partial charge in [0.25, 0.3) is 5.69 Å². The molecule has 23 heavy (non-hydrogen) atoms. The van der Waals surface area contributed by atoms with Gasteiger partial charge in [-0.05, 0) is 12.5 Å². The van der Waals surface area contributed by atoms with Gasteiger partial charge in [-0.1, -0.05) is 5.21 Å². The first-order valence-corrected chi connectivity index (χ1v) is 6.59. The fourth-order valence-electron chi connectivity index (χ4n) is 2.16. The van der Waals surface area contributed by atoms with Crippen molar-refractivity contribution in [1.29, 1.82) is 0 Å². The summed E-state index contributed by atoms with van der Waals surface area (Å²) >= 11 is 0. The summed E-state index contributed by atoms with van der Waals surface area (Å²) in [7, 11) is 0. The molecule has 11 heteroatoms. The summed E-state index contributed by atoms with van der Waals surface area (Å²) in [4.78, 5) is 21.1. The summed E-state index contributed by atoms with van der Waals surface area (Å²) in [5, 5.41) is 41.8. The van der Waals surface area contributed by atoms with Crippen LogP contribution in [-0.4, -0.2) is 36.5 Å². The van der Waals surface area contributed by atoms with Gasteiger partial charge in [0.1, 0.15) is 0 Å². The van der Waals surface area contributed by atoms with Crippen molar-refractivity contribution in [3.63, 3.8) is 0 Å². The standard InChI is InChI=1S/C12H14N6O5/c1-8-9(7-19)6-10(17(20)21)11(12(8)18(22)23)13-2-4-16-5-3-14-15-16/h3,5-6,13,19H,2,4,7H2,1H3. The zero-order chi connectivity index (χ0) is 17.0. The lowest BCUT2D eigenvalue weighted by Crippen LogP contribution is -2.14. The van der Waals surface area contributed by atoms with Crippen LogP contribution in [0.5, 0.6) is 0 Å². The quantitative estimate of drug-likeness (QED) is 0.566. The maximum Gasteiger partial charge on any atom is 0.302 e. The molecule has 2 aromatic rings. The van der Waals surface area contributed by atoms with E-state index in [4.69, 9.17) is 0 Å². The minimum atomic E-state index is -0.719. The number of nitro groups is 2. The molecule has 0 saturated carbocycles. The van der Waals surface area contributed by atoms with Crippen molar-refractivity contribution in [2.75, 3.05) is 11.9 Å². The van der Waals surface area contributed by atoms with Crippen molar-refractivity contribution in [3.8, 4) is 0 Å². The van der Waals surface area contributed by atoms with Crippen molar-refractivity contribution in [3.05, 3.63) is 49.8 Å². The molecule has 2 rings (SSSR count).